The smallest absolute Gasteiger partial charge is 0.390 e. The number of rotatable bonds is 10. The fourth-order valence-corrected chi connectivity index (χ4v) is 5.36. The lowest BCUT2D eigenvalue weighted by Crippen LogP contribution is -2.48. The predicted octanol–water partition coefficient (Wildman–Crippen LogP) is 5.11. The van der Waals surface area contributed by atoms with Gasteiger partial charge in [-0.05, 0) is 54.7 Å². The highest BCUT2D eigenvalue weighted by molar-refractivity contribution is 6.08. The van der Waals surface area contributed by atoms with E-state index in [9.17, 15) is 27.9 Å². The van der Waals surface area contributed by atoms with Crippen molar-refractivity contribution in [3.05, 3.63) is 101 Å². The fraction of sp³-hybridized carbons (Fsp3) is 0.312. The quantitative estimate of drug-likeness (QED) is 0.210. The minimum absolute atomic E-state index is 0.00494. The Labute approximate surface area is 241 Å². The van der Waals surface area contributed by atoms with Gasteiger partial charge in [-0.1, -0.05) is 48.5 Å². The number of carbonyl (C=O) groups is 2. The average Bonchev–Trinajstić information content (AvgIpc) is 3.57. The first-order valence-electron chi connectivity index (χ1n) is 13.9. The van der Waals surface area contributed by atoms with Crippen LogP contribution in [-0.2, 0) is 23.9 Å². The highest BCUT2D eigenvalue weighted by atomic mass is 19.4. The largest absolute Gasteiger partial charge is 0.416 e. The van der Waals surface area contributed by atoms with Crippen LogP contribution in [0.2, 0.25) is 0 Å². The van der Waals surface area contributed by atoms with Crippen LogP contribution < -0.4 is 15.5 Å². The molecule has 4 aromatic rings. The van der Waals surface area contributed by atoms with E-state index >= 15 is 0 Å². The highest BCUT2D eigenvalue weighted by Crippen LogP contribution is 2.33. The topological polar surface area (TPSA) is 97.5 Å². The van der Waals surface area contributed by atoms with Gasteiger partial charge in [0, 0.05) is 43.2 Å². The molecule has 4 N–H and O–H groups in total. The number of alkyl halides is 3. The van der Waals surface area contributed by atoms with Gasteiger partial charge in [-0.15, -0.1) is 0 Å². The molecule has 1 aliphatic rings. The summed E-state index contributed by atoms with van der Waals surface area (Å²) in [5, 5.41) is 18.0. The number of carbonyl (C=O) groups excluding carboxylic acids is 2. The Morgan fingerprint density at radius 3 is 2.55 bits per heavy atom. The summed E-state index contributed by atoms with van der Waals surface area (Å²) in [5.74, 6) is -0.395. The number of H-pyrrole nitrogens is 1. The summed E-state index contributed by atoms with van der Waals surface area (Å²) in [5.41, 5.74) is 3.34. The van der Waals surface area contributed by atoms with Crippen molar-refractivity contribution in [2.24, 2.45) is 0 Å². The third-order valence-corrected chi connectivity index (χ3v) is 7.62. The molecule has 2 heterocycles. The van der Waals surface area contributed by atoms with Gasteiger partial charge in [-0.25, -0.2) is 0 Å². The number of aromatic nitrogens is 1. The summed E-state index contributed by atoms with van der Waals surface area (Å²) in [6.45, 7) is 2.65. The number of fused-ring (bicyclic) bond motifs is 1. The number of aromatic amines is 1. The van der Waals surface area contributed by atoms with E-state index in [0.29, 0.717) is 36.2 Å². The van der Waals surface area contributed by atoms with Crippen LogP contribution in [0.25, 0.3) is 10.9 Å². The molecule has 0 bridgehead atoms. The number of amides is 2. The van der Waals surface area contributed by atoms with Crippen LogP contribution in [0.4, 0.5) is 18.9 Å². The van der Waals surface area contributed by atoms with Crippen LogP contribution in [0, 0.1) is 6.92 Å². The molecule has 42 heavy (non-hydrogen) atoms. The van der Waals surface area contributed by atoms with E-state index in [1.165, 1.54) is 6.07 Å². The molecule has 3 aromatic carbocycles. The van der Waals surface area contributed by atoms with E-state index in [1.807, 2.05) is 43.5 Å². The van der Waals surface area contributed by atoms with Crippen molar-refractivity contribution >= 4 is 28.4 Å². The van der Waals surface area contributed by atoms with Crippen molar-refractivity contribution < 1.29 is 27.9 Å². The third kappa shape index (κ3) is 6.66. The van der Waals surface area contributed by atoms with E-state index in [0.717, 1.165) is 40.6 Å². The second-order valence-electron chi connectivity index (χ2n) is 10.7. The normalized spacial score (nSPS) is 15.3. The number of halogens is 3. The lowest BCUT2D eigenvalue weighted by Gasteiger charge is -2.25. The van der Waals surface area contributed by atoms with Crippen molar-refractivity contribution in [1.82, 2.24) is 15.6 Å². The zero-order chi connectivity index (χ0) is 29.9. The van der Waals surface area contributed by atoms with Crippen molar-refractivity contribution in [3.63, 3.8) is 0 Å². The maximum atomic E-state index is 13.6. The molecule has 0 saturated carbocycles. The number of aliphatic hydroxyl groups excluding tert-OH is 1. The molecule has 1 aliphatic heterocycles. The number of hydrogen-bond donors (Lipinski definition) is 4. The average molecular weight is 579 g/mol. The minimum Gasteiger partial charge on any atom is -0.390 e. The predicted molar refractivity (Wildman–Crippen MR) is 155 cm³/mol. The molecule has 0 unspecified atom stereocenters. The standard InChI is InChI=1S/C32H33F3N4O3/c1-20-17-37-30-25(20)15-23(16-27(30)39-12-6-11-29(39)41)31(42)38-26(14-21-7-3-2-4-8-21)28(40)19-36-18-22-9-5-10-24(13-22)32(33,34)35/h2-5,7-10,13,15-17,26,28,36-37,40H,6,11-12,14,18-19H2,1H3,(H,38,42)/t26-,28-/m0/s1. The molecule has 1 saturated heterocycles. The number of aryl methyl sites for hydroxylation is 1. The molecular formula is C32H33F3N4O3. The Bertz CT molecular complexity index is 1570. The van der Waals surface area contributed by atoms with Crippen molar-refractivity contribution in [2.75, 3.05) is 18.0 Å². The van der Waals surface area contributed by atoms with Crippen molar-refractivity contribution in [1.29, 1.82) is 0 Å². The summed E-state index contributed by atoms with van der Waals surface area (Å²) in [7, 11) is 0. The van der Waals surface area contributed by atoms with Crippen LogP contribution in [-0.4, -0.2) is 47.1 Å². The Morgan fingerprint density at radius 1 is 1.07 bits per heavy atom. The van der Waals surface area contributed by atoms with Crippen molar-refractivity contribution in [3.8, 4) is 0 Å². The zero-order valence-electron chi connectivity index (χ0n) is 23.2. The van der Waals surface area contributed by atoms with E-state index in [1.54, 1.807) is 23.1 Å². The van der Waals surface area contributed by atoms with Crippen LogP contribution >= 0.6 is 0 Å². The van der Waals surface area contributed by atoms with Crippen LogP contribution in [0.3, 0.4) is 0 Å². The zero-order valence-corrected chi connectivity index (χ0v) is 23.2. The van der Waals surface area contributed by atoms with Gasteiger partial charge >= 0.3 is 6.18 Å². The fourth-order valence-electron chi connectivity index (χ4n) is 5.36. The van der Waals surface area contributed by atoms with E-state index in [-0.39, 0.29) is 19.0 Å². The first-order valence-corrected chi connectivity index (χ1v) is 13.9. The summed E-state index contributed by atoms with van der Waals surface area (Å²) in [6.07, 6.45) is -2.11. The van der Waals surface area contributed by atoms with Gasteiger partial charge in [0.25, 0.3) is 5.91 Å². The number of anilines is 1. The van der Waals surface area contributed by atoms with E-state index in [4.69, 9.17) is 0 Å². The minimum atomic E-state index is -4.44. The van der Waals surface area contributed by atoms with E-state index in [2.05, 4.69) is 15.6 Å². The van der Waals surface area contributed by atoms with Gasteiger partial charge in [-0.3, -0.25) is 9.59 Å². The lowest BCUT2D eigenvalue weighted by molar-refractivity contribution is -0.137. The molecule has 2 atom stereocenters. The Kier molecular flexibility index (Phi) is 8.65. The summed E-state index contributed by atoms with van der Waals surface area (Å²) in [6, 6.07) is 17.2. The number of benzene rings is 3. The SMILES string of the molecule is Cc1c[nH]c2c(N3CCCC3=O)cc(C(=O)N[C@@H](Cc3ccccc3)[C@@H](O)CNCc3cccc(C(F)(F)F)c3)cc12. The third-order valence-electron chi connectivity index (χ3n) is 7.62. The molecule has 0 radical (unpaired) electrons. The maximum Gasteiger partial charge on any atom is 0.416 e. The van der Waals surface area contributed by atoms with Gasteiger partial charge in [0.1, 0.15) is 0 Å². The first-order chi connectivity index (χ1) is 20.1. The van der Waals surface area contributed by atoms with Crippen LogP contribution in [0.15, 0.2) is 72.9 Å². The monoisotopic (exact) mass is 578 g/mol. The van der Waals surface area contributed by atoms with Crippen LogP contribution in [0.1, 0.15) is 45.5 Å². The molecule has 10 heteroatoms. The second kappa shape index (κ2) is 12.4. The Morgan fingerprint density at radius 2 is 1.83 bits per heavy atom. The Hall–Kier alpha value is -4.15. The second-order valence-corrected chi connectivity index (χ2v) is 10.7. The molecule has 1 fully saturated rings. The molecule has 220 valence electrons. The maximum absolute atomic E-state index is 13.6. The molecule has 5 rings (SSSR count). The summed E-state index contributed by atoms with van der Waals surface area (Å²) >= 11 is 0. The molecule has 0 aliphatic carbocycles. The van der Waals surface area contributed by atoms with Gasteiger partial charge < -0.3 is 25.6 Å². The van der Waals surface area contributed by atoms with Gasteiger partial charge in [-0.2, -0.15) is 13.2 Å². The molecule has 0 spiro atoms. The number of aliphatic hydroxyl groups is 1. The summed E-state index contributed by atoms with van der Waals surface area (Å²) < 4.78 is 39.3. The van der Waals surface area contributed by atoms with Crippen LogP contribution in [0.5, 0.6) is 0 Å². The van der Waals surface area contributed by atoms with Gasteiger partial charge in [0.15, 0.2) is 0 Å². The molecule has 2 amide bonds. The number of nitrogens with zero attached hydrogens (tertiary/aromatic N) is 1. The van der Waals surface area contributed by atoms with Crippen molar-refractivity contribution in [2.45, 2.75) is 51.1 Å². The lowest BCUT2D eigenvalue weighted by atomic mass is 9.99. The van der Waals surface area contributed by atoms with Gasteiger partial charge in [0.2, 0.25) is 5.91 Å². The first kappa shape index (κ1) is 29.3. The highest BCUT2D eigenvalue weighted by Gasteiger charge is 2.30. The summed E-state index contributed by atoms with van der Waals surface area (Å²) in [4.78, 5) is 31.1. The Balaban J connectivity index is 1.34. The molecule has 1 aromatic heterocycles. The number of hydrogen-bond acceptors (Lipinski definition) is 4. The number of nitrogens with one attached hydrogen (secondary N) is 3. The molecular weight excluding hydrogens is 545 g/mol. The van der Waals surface area contributed by atoms with Gasteiger partial charge in [0.05, 0.1) is 28.9 Å². The van der Waals surface area contributed by atoms with E-state index < -0.39 is 29.8 Å². The molecule has 7 nitrogen and oxygen atoms in total.